The summed E-state index contributed by atoms with van der Waals surface area (Å²) < 4.78 is 6.90. The SMILES string of the molecule is COc1nnc(CN)n1C(C)C. The lowest BCUT2D eigenvalue weighted by Crippen LogP contribution is -2.11. The van der Waals surface area contributed by atoms with E-state index in [1.807, 2.05) is 18.4 Å². The molecule has 5 heteroatoms. The quantitative estimate of drug-likeness (QED) is 0.709. The molecule has 0 fully saturated rings. The Morgan fingerprint density at radius 3 is 2.58 bits per heavy atom. The van der Waals surface area contributed by atoms with Gasteiger partial charge in [-0.3, -0.25) is 4.57 Å². The number of nitrogens with zero attached hydrogens (tertiary/aromatic N) is 3. The van der Waals surface area contributed by atoms with Crippen LogP contribution in [0.3, 0.4) is 0 Å². The second-order valence-electron chi connectivity index (χ2n) is 2.77. The van der Waals surface area contributed by atoms with Crippen LogP contribution < -0.4 is 10.5 Å². The fraction of sp³-hybridized carbons (Fsp3) is 0.714. The summed E-state index contributed by atoms with van der Waals surface area (Å²) in [6.45, 7) is 4.45. The van der Waals surface area contributed by atoms with Crippen molar-refractivity contribution in [2.24, 2.45) is 5.73 Å². The van der Waals surface area contributed by atoms with Gasteiger partial charge in [0, 0.05) is 6.04 Å². The van der Waals surface area contributed by atoms with Crippen LogP contribution in [0.4, 0.5) is 0 Å². The molecule has 0 amide bonds. The molecule has 12 heavy (non-hydrogen) atoms. The smallest absolute Gasteiger partial charge is 0.316 e. The normalized spacial score (nSPS) is 10.8. The van der Waals surface area contributed by atoms with Gasteiger partial charge in [-0.05, 0) is 13.8 Å². The molecular formula is C7H14N4O. The third kappa shape index (κ3) is 1.40. The lowest BCUT2D eigenvalue weighted by Gasteiger charge is -2.11. The molecule has 0 aromatic carbocycles. The predicted molar refractivity (Wildman–Crippen MR) is 44.9 cm³/mol. The first-order valence-electron chi connectivity index (χ1n) is 3.88. The van der Waals surface area contributed by atoms with Crippen molar-refractivity contribution in [2.45, 2.75) is 26.4 Å². The summed E-state index contributed by atoms with van der Waals surface area (Å²) in [4.78, 5) is 0. The Morgan fingerprint density at radius 2 is 2.17 bits per heavy atom. The third-order valence-corrected chi connectivity index (χ3v) is 1.62. The summed E-state index contributed by atoms with van der Waals surface area (Å²) in [6.07, 6.45) is 0. The van der Waals surface area contributed by atoms with Gasteiger partial charge in [0.15, 0.2) is 0 Å². The molecule has 2 N–H and O–H groups in total. The van der Waals surface area contributed by atoms with Crippen molar-refractivity contribution >= 4 is 0 Å². The van der Waals surface area contributed by atoms with Crippen LogP contribution in [0.2, 0.25) is 0 Å². The zero-order valence-corrected chi connectivity index (χ0v) is 7.61. The van der Waals surface area contributed by atoms with Gasteiger partial charge in [0.1, 0.15) is 5.82 Å². The van der Waals surface area contributed by atoms with Gasteiger partial charge in [0.2, 0.25) is 0 Å². The molecule has 0 saturated carbocycles. The molecular weight excluding hydrogens is 156 g/mol. The van der Waals surface area contributed by atoms with Crippen LogP contribution >= 0.6 is 0 Å². The zero-order valence-electron chi connectivity index (χ0n) is 7.61. The Morgan fingerprint density at radius 1 is 1.50 bits per heavy atom. The topological polar surface area (TPSA) is 66.0 Å². The molecule has 1 aromatic rings. The maximum atomic E-state index is 5.48. The standard InChI is InChI=1S/C7H14N4O/c1-5(2)11-6(4-8)9-10-7(11)12-3/h5H,4,8H2,1-3H3. The van der Waals surface area contributed by atoms with E-state index in [0.29, 0.717) is 12.6 Å². The van der Waals surface area contributed by atoms with Crippen LogP contribution in [0.15, 0.2) is 0 Å². The second kappa shape index (κ2) is 3.53. The maximum Gasteiger partial charge on any atom is 0.316 e. The van der Waals surface area contributed by atoms with E-state index in [0.717, 1.165) is 5.82 Å². The number of methoxy groups -OCH3 is 1. The molecule has 68 valence electrons. The third-order valence-electron chi connectivity index (χ3n) is 1.62. The Balaban J connectivity index is 3.07. The monoisotopic (exact) mass is 170 g/mol. The summed E-state index contributed by atoms with van der Waals surface area (Å²) in [6, 6.07) is 0.791. The second-order valence-corrected chi connectivity index (χ2v) is 2.77. The Bertz CT molecular complexity index is 234. The Kier molecular flexibility index (Phi) is 2.65. The molecule has 1 rings (SSSR count). The Labute approximate surface area is 71.5 Å². The molecule has 0 aliphatic rings. The van der Waals surface area contributed by atoms with E-state index < -0.39 is 0 Å². The summed E-state index contributed by atoms with van der Waals surface area (Å²) in [5.41, 5.74) is 5.48. The largest absolute Gasteiger partial charge is 0.467 e. The Hall–Kier alpha value is -1.10. The maximum absolute atomic E-state index is 5.48. The van der Waals surface area contributed by atoms with Crippen molar-refractivity contribution < 1.29 is 4.74 Å². The molecule has 0 radical (unpaired) electrons. The van der Waals surface area contributed by atoms with E-state index >= 15 is 0 Å². The highest BCUT2D eigenvalue weighted by molar-refractivity contribution is 5.02. The van der Waals surface area contributed by atoms with Gasteiger partial charge in [0.05, 0.1) is 13.7 Å². The summed E-state index contributed by atoms with van der Waals surface area (Å²) in [5, 5.41) is 7.73. The van der Waals surface area contributed by atoms with Crippen molar-refractivity contribution in [2.75, 3.05) is 7.11 Å². The van der Waals surface area contributed by atoms with Gasteiger partial charge in [0.25, 0.3) is 0 Å². The van der Waals surface area contributed by atoms with Gasteiger partial charge in [-0.15, -0.1) is 5.10 Å². The first-order chi connectivity index (χ1) is 5.70. The van der Waals surface area contributed by atoms with Crippen LogP contribution in [0.5, 0.6) is 6.01 Å². The van der Waals surface area contributed by atoms with Gasteiger partial charge < -0.3 is 10.5 Å². The molecule has 0 aliphatic carbocycles. The minimum absolute atomic E-state index is 0.272. The van der Waals surface area contributed by atoms with Crippen molar-refractivity contribution in [1.29, 1.82) is 0 Å². The lowest BCUT2D eigenvalue weighted by molar-refractivity contribution is 0.342. The van der Waals surface area contributed by atoms with Gasteiger partial charge in [-0.25, -0.2) is 0 Å². The molecule has 1 aromatic heterocycles. The number of nitrogens with two attached hydrogens (primary N) is 1. The first-order valence-corrected chi connectivity index (χ1v) is 3.88. The van der Waals surface area contributed by atoms with E-state index in [-0.39, 0.29) is 6.04 Å². The predicted octanol–water partition coefficient (Wildman–Crippen LogP) is 0.326. The van der Waals surface area contributed by atoms with E-state index in [2.05, 4.69) is 10.2 Å². The minimum Gasteiger partial charge on any atom is -0.467 e. The van der Waals surface area contributed by atoms with Gasteiger partial charge >= 0.3 is 6.01 Å². The molecule has 0 saturated heterocycles. The zero-order chi connectivity index (χ0) is 9.14. The highest BCUT2D eigenvalue weighted by Crippen LogP contribution is 2.16. The van der Waals surface area contributed by atoms with E-state index in [1.165, 1.54) is 0 Å². The van der Waals surface area contributed by atoms with Gasteiger partial charge in [-0.1, -0.05) is 5.10 Å². The highest BCUT2D eigenvalue weighted by Gasteiger charge is 2.12. The minimum atomic E-state index is 0.272. The number of hydrogen-bond donors (Lipinski definition) is 1. The van der Waals surface area contributed by atoms with Crippen molar-refractivity contribution in [3.8, 4) is 6.01 Å². The molecule has 0 atom stereocenters. The van der Waals surface area contributed by atoms with Crippen LogP contribution in [-0.4, -0.2) is 21.9 Å². The summed E-state index contributed by atoms with van der Waals surface area (Å²) >= 11 is 0. The molecule has 0 aliphatic heterocycles. The van der Waals surface area contributed by atoms with Crippen LogP contribution in [0.1, 0.15) is 25.7 Å². The van der Waals surface area contributed by atoms with Crippen molar-refractivity contribution in [3.05, 3.63) is 5.82 Å². The molecule has 0 unspecified atom stereocenters. The van der Waals surface area contributed by atoms with Gasteiger partial charge in [-0.2, -0.15) is 0 Å². The average molecular weight is 170 g/mol. The highest BCUT2D eigenvalue weighted by atomic mass is 16.5. The number of aromatic nitrogens is 3. The molecule has 1 heterocycles. The molecule has 0 bridgehead atoms. The average Bonchev–Trinajstić information content (AvgIpc) is 2.46. The first kappa shape index (κ1) is 8.99. The summed E-state index contributed by atoms with van der Waals surface area (Å²) in [7, 11) is 1.57. The number of ether oxygens (including phenoxy) is 1. The fourth-order valence-electron chi connectivity index (χ4n) is 1.10. The molecule has 0 spiro atoms. The molecule has 5 nitrogen and oxygen atoms in total. The van der Waals surface area contributed by atoms with E-state index in [9.17, 15) is 0 Å². The summed E-state index contributed by atoms with van der Waals surface area (Å²) in [5.74, 6) is 0.752. The fourth-order valence-corrected chi connectivity index (χ4v) is 1.10. The van der Waals surface area contributed by atoms with E-state index in [4.69, 9.17) is 10.5 Å². The number of hydrogen-bond acceptors (Lipinski definition) is 4. The lowest BCUT2D eigenvalue weighted by atomic mass is 10.4. The van der Waals surface area contributed by atoms with Crippen LogP contribution in [-0.2, 0) is 6.54 Å². The van der Waals surface area contributed by atoms with E-state index in [1.54, 1.807) is 7.11 Å². The van der Waals surface area contributed by atoms with Crippen molar-refractivity contribution in [3.63, 3.8) is 0 Å². The van der Waals surface area contributed by atoms with Crippen molar-refractivity contribution in [1.82, 2.24) is 14.8 Å². The number of rotatable bonds is 3. The van der Waals surface area contributed by atoms with Crippen LogP contribution in [0, 0.1) is 0 Å². The van der Waals surface area contributed by atoms with Crippen LogP contribution in [0.25, 0.3) is 0 Å².